The summed E-state index contributed by atoms with van der Waals surface area (Å²) in [6.45, 7) is 6.89. The van der Waals surface area contributed by atoms with E-state index < -0.39 is 6.10 Å². The molecule has 1 heterocycles. The van der Waals surface area contributed by atoms with Crippen LogP contribution in [-0.4, -0.2) is 22.5 Å². The Bertz CT molecular complexity index is 659. The van der Waals surface area contributed by atoms with Crippen LogP contribution in [-0.2, 0) is 12.0 Å². The van der Waals surface area contributed by atoms with Gasteiger partial charge in [-0.3, -0.25) is 4.79 Å². The molecule has 2 rings (SSSR count). The van der Waals surface area contributed by atoms with Crippen LogP contribution >= 0.6 is 11.3 Å². The molecule has 0 aliphatic heterocycles. The van der Waals surface area contributed by atoms with E-state index in [1.54, 1.807) is 5.38 Å². The molecule has 1 aromatic heterocycles. The molecule has 5 nitrogen and oxygen atoms in total. The predicted octanol–water partition coefficient (Wildman–Crippen LogP) is 2.36. The lowest BCUT2D eigenvalue weighted by Crippen LogP contribution is -2.28. The summed E-state index contributed by atoms with van der Waals surface area (Å²) in [5, 5.41) is 15.3. The average molecular weight is 333 g/mol. The van der Waals surface area contributed by atoms with Crippen molar-refractivity contribution in [2.45, 2.75) is 38.8 Å². The molecule has 0 fully saturated rings. The number of carbonyl (C=O) groups excluding carboxylic acids is 1. The summed E-state index contributed by atoms with van der Waals surface area (Å²) in [6, 6.07) is 7.81. The maximum Gasteiger partial charge on any atom is 0.270 e. The molecular weight excluding hydrogens is 310 g/mol. The number of aliphatic hydroxyl groups is 1. The van der Waals surface area contributed by atoms with Gasteiger partial charge in [-0.2, -0.15) is 0 Å². The van der Waals surface area contributed by atoms with Gasteiger partial charge in [0, 0.05) is 18.5 Å². The third-order valence-electron chi connectivity index (χ3n) is 3.58. The van der Waals surface area contributed by atoms with Crippen molar-refractivity contribution in [3.05, 3.63) is 51.5 Å². The number of thiazole rings is 1. The lowest BCUT2D eigenvalue weighted by molar-refractivity contribution is 0.0912. The Hall–Kier alpha value is -1.76. The van der Waals surface area contributed by atoms with Gasteiger partial charge in [0.15, 0.2) is 0 Å². The van der Waals surface area contributed by atoms with Crippen LogP contribution in [0.25, 0.3) is 0 Å². The molecule has 0 spiro atoms. The van der Waals surface area contributed by atoms with Crippen LogP contribution in [0.3, 0.4) is 0 Å². The minimum atomic E-state index is -0.749. The Labute approximate surface area is 140 Å². The Kier molecular flexibility index (Phi) is 5.51. The van der Waals surface area contributed by atoms with Gasteiger partial charge in [0.2, 0.25) is 0 Å². The van der Waals surface area contributed by atoms with E-state index in [1.807, 2.05) is 24.3 Å². The highest BCUT2D eigenvalue weighted by Gasteiger charge is 2.16. The first kappa shape index (κ1) is 17.6. The fourth-order valence-corrected chi connectivity index (χ4v) is 2.77. The third kappa shape index (κ3) is 4.60. The molecule has 1 aromatic carbocycles. The van der Waals surface area contributed by atoms with E-state index in [0.717, 1.165) is 5.56 Å². The van der Waals surface area contributed by atoms with Gasteiger partial charge in [-0.15, -0.1) is 11.3 Å². The second-order valence-electron chi connectivity index (χ2n) is 6.43. The number of aliphatic hydroxyl groups excluding tert-OH is 1. The summed E-state index contributed by atoms with van der Waals surface area (Å²) in [5.74, 6) is -0.300. The molecule has 6 heteroatoms. The van der Waals surface area contributed by atoms with E-state index in [4.69, 9.17) is 5.73 Å². The first-order valence-electron chi connectivity index (χ1n) is 7.52. The molecule has 0 radical (unpaired) electrons. The van der Waals surface area contributed by atoms with E-state index >= 15 is 0 Å². The molecule has 1 unspecified atom stereocenters. The fraction of sp³-hybridized carbons (Fsp3) is 0.412. The zero-order chi connectivity index (χ0) is 17.0. The number of hydrogen-bond donors (Lipinski definition) is 3. The smallest absolute Gasteiger partial charge is 0.270 e. The van der Waals surface area contributed by atoms with Crippen molar-refractivity contribution in [3.63, 3.8) is 0 Å². The lowest BCUT2D eigenvalue weighted by atomic mass is 9.86. The van der Waals surface area contributed by atoms with Gasteiger partial charge in [-0.25, -0.2) is 4.98 Å². The van der Waals surface area contributed by atoms with Crippen molar-refractivity contribution in [1.29, 1.82) is 0 Å². The van der Waals surface area contributed by atoms with Gasteiger partial charge in [-0.1, -0.05) is 45.0 Å². The van der Waals surface area contributed by atoms with Crippen molar-refractivity contribution in [2.75, 3.05) is 6.54 Å². The highest BCUT2D eigenvalue weighted by molar-refractivity contribution is 7.09. The number of rotatable bonds is 5. The Morgan fingerprint density at radius 2 is 2.00 bits per heavy atom. The second kappa shape index (κ2) is 7.21. The van der Waals surface area contributed by atoms with Gasteiger partial charge >= 0.3 is 0 Å². The molecule has 23 heavy (non-hydrogen) atoms. The standard InChI is InChI=1S/C17H23N3O2S/c1-17(2,3)12-6-4-11(5-7-12)14(21)9-19-16(22)13-10-23-15(8-18)20-13/h4-7,10,14,21H,8-9,18H2,1-3H3,(H,19,22). The van der Waals surface area contributed by atoms with Crippen molar-refractivity contribution in [2.24, 2.45) is 5.73 Å². The minimum absolute atomic E-state index is 0.0724. The van der Waals surface area contributed by atoms with Crippen molar-refractivity contribution < 1.29 is 9.90 Å². The summed E-state index contributed by atoms with van der Waals surface area (Å²) in [4.78, 5) is 16.1. The summed E-state index contributed by atoms with van der Waals surface area (Å²) in [5.41, 5.74) is 7.87. The summed E-state index contributed by atoms with van der Waals surface area (Å²) in [7, 11) is 0. The molecule has 0 saturated heterocycles. The van der Waals surface area contributed by atoms with Crippen LogP contribution < -0.4 is 11.1 Å². The molecule has 0 saturated carbocycles. The van der Waals surface area contributed by atoms with Crippen LogP contribution in [0.1, 0.15) is 53.5 Å². The van der Waals surface area contributed by atoms with E-state index in [2.05, 4.69) is 31.1 Å². The topological polar surface area (TPSA) is 88.2 Å². The van der Waals surface area contributed by atoms with E-state index in [-0.39, 0.29) is 17.9 Å². The fourth-order valence-electron chi connectivity index (χ4n) is 2.11. The zero-order valence-corrected chi connectivity index (χ0v) is 14.5. The second-order valence-corrected chi connectivity index (χ2v) is 7.37. The Morgan fingerprint density at radius 1 is 1.35 bits per heavy atom. The third-order valence-corrected chi connectivity index (χ3v) is 4.45. The van der Waals surface area contributed by atoms with E-state index in [1.165, 1.54) is 16.9 Å². The minimum Gasteiger partial charge on any atom is -0.387 e. The van der Waals surface area contributed by atoms with E-state index in [0.29, 0.717) is 17.2 Å². The summed E-state index contributed by atoms with van der Waals surface area (Å²) < 4.78 is 0. The molecule has 1 amide bonds. The highest BCUT2D eigenvalue weighted by atomic mass is 32.1. The van der Waals surface area contributed by atoms with Crippen molar-refractivity contribution >= 4 is 17.2 Å². The average Bonchev–Trinajstić information content (AvgIpc) is 3.00. The number of nitrogens with one attached hydrogen (secondary N) is 1. The van der Waals surface area contributed by atoms with Gasteiger partial charge in [0.25, 0.3) is 5.91 Å². The number of nitrogens with two attached hydrogens (primary N) is 1. The summed E-state index contributed by atoms with van der Waals surface area (Å²) in [6.07, 6.45) is -0.749. The monoisotopic (exact) mass is 333 g/mol. The van der Waals surface area contributed by atoms with Crippen LogP contribution in [0.2, 0.25) is 0 Å². The Morgan fingerprint density at radius 3 is 2.52 bits per heavy atom. The van der Waals surface area contributed by atoms with Crippen LogP contribution in [0.5, 0.6) is 0 Å². The molecule has 0 aliphatic rings. The number of amides is 1. The maximum absolute atomic E-state index is 12.0. The number of nitrogens with zero attached hydrogens (tertiary/aromatic N) is 1. The number of carbonyl (C=O) groups is 1. The maximum atomic E-state index is 12.0. The van der Waals surface area contributed by atoms with Gasteiger partial charge in [0.05, 0.1) is 6.10 Å². The van der Waals surface area contributed by atoms with Gasteiger partial charge < -0.3 is 16.2 Å². The Balaban J connectivity index is 1.94. The summed E-state index contributed by atoms with van der Waals surface area (Å²) >= 11 is 1.35. The van der Waals surface area contributed by atoms with E-state index in [9.17, 15) is 9.90 Å². The quantitative estimate of drug-likeness (QED) is 0.784. The molecule has 1 atom stereocenters. The normalized spacial score (nSPS) is 12.9. The first-order chi connectivity index (χ1) is 10.8. The van der Waals surface area contributed by atoms with Crippen molar-refractivity contribution in [3.8, 4) is 0 Å². The molecule has 2 aromatic rings. The first-order valence-corrected chi connectivity index (χ1v) is 8.40. The number of aromatic nitrogens is 1. The van der Waals surface area contributed by atoms with Crippen LogP contribution in [0, 0.1) is 0 Å². The molecule has 4 N–H and O–H groups in total. The lowest BCUT2D eigenvalue weighted by Gasteiger charge is -2.20. The largest absolute Gasteiger partial charge is 0.387 e. The molecule has 0 aliphatic carbocycles. The zero-order valence-electron chi connectivity index (χ0n) is 13.7. The molecular formula is C17H23N3O2S. The van der Waals surface area contributed by atoms with Crippen LogP contribution in [0.15, 0.2) is 29.6 Å². The number of hydrogen-bond acceptors (Lipinski definition) is 5. The van der Waals surface area contributed by atoms with Crippen LogP contribution in [0.4, 0.5) is 0 Å². The highest BCUT2D eigenvalue weighted by Crippen LogP contribution is 2.23. The predicted molar refractivity (Wildman–Crippen MR) is 92.4 cm³/mol. The van der Waals surface area contributed by atoms with Gasteiger partial charge in [-0.05, 0) is 16.5 Å². The molecule has 0 bridgehead atoms. The molecule has 124 valence electrons. The number of benzene rings is 1. The van der Waals surface area contributed by atoms with Gasteiger partial charge in [0.1, 0.15) is 10.7 Å². The SMILES string of the molecule is CC(C)(C)c1ccc(C(O)CNC(=O)c2csc(CN)n2)cc1. The van der Waals surface area contributed by atoms with Crippen molar-refractivity contribution in [1.82, 2.24) is 10.3 Å².